The standard InChI is InChI=1S/C15H29N3/c1-3-14(9-16-13-6-7-13)18-11-15-5-4-8-17(15)10-12(18)2/h12-16H,3-11H2,1-2H3. The lowest BCUT2D eigenvalue weighted by molar-refractivity contribution is 0.0265. The fraction of sp³-hybridized carbons (Fsp3) is 1.00. The molecule has 18 heavy (non-hydrogen) atoms. The van der Waals surface area contributed by atoms with Crippen LogP contribution in [0.2, 0.25) is 0 Å². The molecule has 3 rings (SSSR count). The van der Waals surface area contributed by atoms with Gasteiger partial charge in [0.05, 0.1) is 0 Å². The molecule has 3 fully saturated rings. The second-order valence-corrected chi connectivity index (χ2v) is 6.58. The van der Waals surface area contributed by atoms with Gasteiger partial charge >= 0.3 is 0 Å². The van der Waals surface area contributed by atoms with Crippen LogP contribution in [0.15, 0.2) is 0 Å². The molecule has 0 spiro atoms. The molecular weight excluding hydrogens is 222 g/mol. The van der Waals surface area contributed by atoms with Gasteiger partial charge in [-0.05, 0) is 45.6 Å². The molecule has 1 aliphatic carbocycles. The summed E-state index contributed by atoms with van der Waals surface area (Å²) >= 11 is 0. The Bertz CT molecular complexity index is 277. The second kappa shape index (κ2) is 5.48. The number of piperazine rings is 1. The summed E-state index contributed by atoms with van der Waals surface area (Å²) < 4.78 is 0. The second-order valence-electron chi connectivity index (χ2n) is 6.58. The van der Waals surface area contributed by atoms with Crippen molar-refractivity contribution in [3.05, 3.63) is 0 Å². The SMILES string of the molecule is CCC(CNC1CC1)N1CC2CCCN2CC1C. The van der Waals surface area contributed by atoms with Crippen molar-refractivity contribution >= 4 is 0 Å². The highest BCUT2D eigenvalue weighted by molar-refractivity contribution is 4.94. The van der Waals surface area contributed by atoms with Gasteiger partial charge in [-0.15, -0.1) is 0 Å². The number of hydrogen-bond acceptors (Lipinski definition) is 3. The van der Waals surface area contributed by atoms with E-state index in [0.29, 0.717) is 0 Å². The maximum Gasteiger partial charge on any atom is 0.0224 e. The Kier molecular flexibility index (Phi) is 3.92. The maximum absolute atomic E-state index is 3.73. The predicted molar refractivity (Wildman–Crippen MR) is 75.9 cm³/mol. The maximum atomic E-state index is 3.73. The first-order valence-electron chi connectivity index (χ1n) is 8.01. The van der Waals surface area contributed by atoms with Crippen molar-refractivity contribution < 1.29 is 0 Å². The van der Waals surface area contributed by atoms with Gasteiger partial charge in [-0.3, -0.25) is 9.80 Å². The van der Waals surface area contributed by atoms with Crippen molar-refractivity contribution in [1.82, 2.24) is 15.1 Å². The van der Waals surface area contributed by atoms with Gasteiger partial charge in [-0.25, -0.2) is 0 Å². The van der Waals surface area contributed by atoms with Gasteiger partial charge in [0.25, 0.3) is 0 Å². The number of fused-ring (bicyclic) bond motifs is 1. The zero-order valence-electron chi connectivity index (χ0n) is 12.1. The number of nitrogens with one attached hydrogen (secondary N) is 1. The van der Waals surface area contributed by atoms with Crippen molar-refractivity contribution in [2.24, 2.45) is 0 Å². The summed E-state index contributed by atoms with van der Waals surface area (Å²) in [5.41, 5.74) is 0. The molecule has 1 saturated carbocycles. The van der Waals surface area contributed by atoms with Crippen LogP contribution in [-0.4, -0.2) is 60.1 Å². The van der Waals surface area contributed by atoms with Gasteiger partial charge in [0.1, 0.15) is 0 Å². The summed E-state index contributed by atoms with van der Waals surface area (Å²) in [5.74, 6) is 0. The minimum Gasteiger partial charge on any atom is -0.312 e. The zero-order chi connectivity index (χ0) is 12.5. The van der Waals surface area contributed by atoms with E-state index in [0.717, 1.165) is 24.2 Å². The largest absolute Gasteiger partial charge is 0.312 e. The predicted octanol–water partition coefficient (Wildman–Crippen LogP) is 1.69. The van der Waals surface area contributed by atoms with Gasteiger partial charge in [0.2, 0.25) is 0 Å². The van der Waals surface area contributed by atoms with E-state index in [1.165, 1.54) is 58.3 Å². The summed E-state index contributed by atoms with van der Waals surface area (Å²) in [4.78, 5) is 5.52. The van der Waals surface area contributed by atoms with Crippen LogP contribution in [0, 0.1) is 0 Å². The van der Waals surface area contributed by atoms with E-state index in [-0.39, 0.29) is 0 Å². The molecule has 0 amide bonds. The van der Waals surface area contributed by atoms with Crippen molar-refractivity contribution in [3.8, 4) is 0 Å². The monoisotopic (exact) mass is 251 g/mol. The fourth-order valence-electron chi connectivity index (χ4n) is 3.81. The van der Waals surface area contributed by atoms with E-state index >= 15 is 0 Å². The molecule has 0 aromatic carbocycles. The van der Waals surface area contributed by atoms with Crippen LogP contribution in [0.3, 0.4) is 0 Å². The van der Waals surface area contributed by atoms with Crippen LogP contribution in [0.1, 0.15) is 46.0 Å². The average molecular weight is 251 g/mol. The Balaban J connectivity index is 1.57. The van der Waals surface area contributed by atoms with Crippen LogP contribution < -0.4 is 5.32 Å². The lowest BCUT2D eigenvalue weighted by Crippen LogP contribution is -2.59. The Morgan fingerprint density at radius 3 is 2.78 bits per heavy atom. The third-order valence-corrected chi connectivity index (χ3v) is 5.15. The molecule has 2 aliphatic heterocycles. The summed E-state index contributed by atoms with van der Waals surface area (Å²) in [7, 11) is 0. The molecule has 3 aliphatic rings. The highest BCUT2D eigenvalue weighted by Crippen LogP contribution is 2.27. The summed E-state index contributed by atoms with van der Waals surface area (Å²) in [6, 6.07) is 3.20. The van der Waals surface area contributed by atoms with Gasteiger partial charge in [0, 0.05) is 43.8 Å². The van der Waals surface area contributed by atoms with Gasteiger partial charge in [-0.2, -0.15) is 0 Å². The molecule has 2 heterocycles. The smallest absolute Gasteiger partial charge is 0.0224 e. The minimum atomic E-state index is 0.741. The van der Waals surface area contributed by atoms with Crippen LogP contribution in [0.4, 0.5) is 0 Å². The number of nitrogens with zero attached hydrogens (tertiary/aromatic N) is 2. The molecule has 1 N–H and O–H groups in total. The van der Waals surface area contributed by atoms with Gasteiger partial charge < -0.3 is 5.32 Å². The molecule has 2 saturated heterocycles. The first-order valence-corrected chi connectivity index (χ1v) is 8.01. The summed E-state index contributed by atoms with van der Waals surface area (Å²) in [5, 5.41) is 3.73. The Morgan fingerprint density at radius 2 is 2.06 bits per heavy atom. The average Bonchev–Trinajstić information content (AvgIpc) is 3.08. The van der Waals surface area contributed by atoms with Crippen molar-refractivity contribution in [3.63, 3.8) is 0 Å². The van der Waals surface area contributed by atoms with Crippen LogP contribution >= 0.6 is 0 Å². The van der Waals surface area contributed by atoms with Crippen LogP contribution in [0.25, 0.3) is 0 Å². The molecule has 3 nitrogen and oxygen atoms in total. The first kappa shape index (κ1) is 12.9. The van der Waals surface area contributed by atoms with Crippen molar-refractivity contribution in [1.29, 1.82) is 0 Å². The molecular formula is C15H29N3. The molecule has 3 atom stereocenters. The molecule has 0 bridgehead atoms. The highest BCUT2D eigenvalue weighted by Gasteiger charge is 2.37. The molecule has 0 aromatic rings. The third-order valence-electron chi connectivity index (χ3n) is 5.15. The van der Waals surface area contributed by atoms with E-state index in [9.17, 15) is 0 Å². The summed E-state index contributed by atoms with van der Waals surface area (Å²) in [6.07, 6.45) is 6.94. The molecule has 0 radical (unpaired) electrons. The topological polar surface area (TPSA) is 18.5 Å². The first-order chi connectivity index (χ1) is 8.78. The molecule has 104 valence electrons. The van der Waals surface area contributed by atoms with E-state index in [2.05, 4.69) is 29.0 Å². The van der Waals surface area contributed by atoms with Gasteiger partial charge in [-0.1, -0.05) is 6.92 Å². The number of rotatable bonds is 5. The third kappa shape index (κ3) is 2.73. The van der Waals surface area contributed by atoms with E-state index in [1.54, 1.807) is 0 Å². The highest BCUT2D eigenvalue weighted by atomic mass is 15.3. The summed E-state index contributed by atoms with van der Waals surface area (Å²) in [6.45, 7) is 9.94. The zero-order valence-corrected chi connectivity index (χ0v) is 12.1. The minimum absolute atomic E-state index is 0.741. The van der Waals surface area contributed by atoms with Crippen molar-refractivity contribution in [2.45, 2.75) is 70.1 Å². The normalized spacial score (nSPS) is 35.7. The quantitative estimate of drug-likeness (QED) is 0.802. The lowest BCUT2D eigenvalue weighted by Gasteiger charge is -2.46. The van der Waals surface area contributed by atoms with E-state index in [4.69, 9.17) is 0 Å². The Labute approximate surface area is 112 Å². The Hall–Kier alpha value is -0.120. The number of hydrogen-bond donors (Lipinski definition) is 1. The fourth-order valence-corrected chi connectivity index (χ4v) is 3.81. The lowest BCUT2D eigenvalue weighted by atomic mass is 10.0. The molecule has 3 heteroatoms. The van der Waals surface area contributed by atoms with E-state index < -0.39 is 0 Å². The van der Waals surface area contributed by atoms with Crippen LogP contribution in [0.5, 0.6) is 0 Å². The van der Waals surface area contributed by atoms with Gasteiger partial charge in [0.15, 0.2) is 0 Å². The molecule has 3 unspecified atom stereocenters. The van der Waals surface area contributed by atoms with E-state index in [1.807, 2.05) is 0 Å². The Morgan fingerprint density at radius 1 is 1.22 bits per heavy atom. The van der Waals surface area contributed by atoms with Crippen molar-refractivity contribution in [2.75, 3.05) is 26.2 Å². The molecule has 0 aromatic heterocycles. The van der Waals surface area contributed by atoms with Crippen LogP contribution in [-0.2, 0) is 0 Å².